The normalized spacial score (nSPS) is 10.7. The molecule has 30 heavy (non-hydrogen) atoms. The van der Waals surface area contributed by atoms with Crippen LogP contribution in [0.25, 0.3) is 22.2 Å². The molecule has 0 saturated carbocycles. The number of amides is 1. The van der Waals surface area contributed by atoms with Gasteiger partial charge in [0, 0.05) is 16.6 Å². The lowest BCUT2D eigenvalue weighted by Gasteiger charge is -2.10. The van der Waals surface area contributed by atoms with Crippen molar-refractivity contribution in [2.75, 3.05) is 5.32 Å². The Bertz CT molecular complexity index is 1260. The molecule has 0 unspecified atom stereocenters. The van der Waals surface area contributed by atoms with Crippen molar-refractivity contribution in [3.05, 3.63) is 84.1 Å². The van der Waals surface area contributed by atoms with Crippen LogP contribution in [0.1, 0.15) is 5.76 Å². The van der Waals surface area contributed by atoms with Gasteiger partial charge in [-0.05, 0) is 54.6 Å². The van der Waals surface area contributed by atoms with Crippen LogP contribution in [0.3, 0.4) is 0 Å². The molecule has 0 bridgehead atoms. The number of nitrogens with zero attached hydrogens (tertiary/aromatic N) is 2. The highest BCUT2D eigenvalue weighted by Gasteiger charge is 2.11. The van der Waals surface area contributed by atoms with Gasteiger partial charge in [0.1, 0.15) is 29.5 Å². The maximum absolute atomic E-state index is 13.4. The van der Waals surface area contributed by atoms with Gasteiger partial charge in [0.25, 0.3) is 0 Å². The molecule has 4 aromatic rings. The average Bonchev–Trinajstić information content (AvgIpc) is 3.23. The van der Waals surface area contributed by atoms with Crippen molar-refractivity contribution in [1.82, 2.24) is 15.3 Å². The number of benzene rings is 2. The zero-order valence-electron chi connectivity index (χ0n) is 15.7. The molecule has 6 nitrogen and oxygen atoms in total. The predicted molar refractivity (Wildman–Crippen MR) is 114 cm³/mol. The minimum Gasteiger partial charge on any atom is -0.459 e. The summed E-state index contributed by atoms with van der Waals surface area (Å²) in [6.45, 7) is 3.68. The molecule has 150 valence electrons. The molecule has 0 radical (unpaired) electrons. The monoisotopic (exact) mass is 422 g/mol. The Kier molecular flexibility index (Phi) is 5.45. The van der Waals surface area contributed by atoms with Crippen LogP contribution in [0, 0.1) is 5.82 Å². The zero-order chi connectivity index (χ0) is 21.1. The molecule has 2 aromatic carbocycles. The summed E-state index contributed by atoms with van der Waals surface area (Å²) >= 11 is 5.87. The van der Waals surface area contributed by atoms with E-state index in [0.717, 1.165) is 16.5 Å². The SMILES string of the molecule is C=CC(=O)NCc1ccc(-c2ccc3ncnc(Nc4ccc(F)c(Cl)c4)c3c2)o1. The van der Waals surface area contributed by atoms with Gasteiger partial charge in [-0.2, -0.15) is 0 Å². The number of halogens is 2. The summed E-state index contributed by atoms with van der Waals surface area (Å²) in [6.07, 6.45) is 2.65. The standard InChI is InChI=1S/C22H16ClFN4O2/c1-2-21(29)25-11-15-5-8-20(30-15)13-3-7-19-16(9-13)22(27-12-26-19)28-14-4-6-18(24)17(23)10-14/h2-10,12H,1,11H2,(H,25,29)(H,26,27,28). The summed E-state index contributed by atoms with van der Waals surface area (Å²) in [5.41, 5.74) is 2.15. The zero-order valence-corrected chi connectivity index (χ0v) is 16.4. The van der Waals surface area contributed by atoms with E-state index in [1.54, 1.807) is 12.1 Å². The van der Waals surface area contributed by atoms with Crippen molar-refractivity contribution >= 4 is 39.9 Å². The number of anilines is 2. The first-order chi connectivity index (χ1) is 14.5. The first-order valence-electron chi connectivity index (χ1n) is 8.99. The van der Waals surface area contributed by atoms with Crippen LogP contribution in [0.2, 0.25) is 5.02 Å². The smallest absolute Gasteiger partial charge is 0.243 e. The van der Waals surface area contributed by atoms with E-state index in [1.807, 2.05) is 24.3 Å². The van der Waals surface area contributed by atoms with Crippen LogP contribution in [-0.2, 0) is 11.3 Å². The average molecular weight is 423 g/mol. The molecule has 0 aliphatic rings. The van der Waals surface area contributed by atoms with Gasteiger partial charge in [0.05, 0.1) is 17.1 Å². The molecule has 2 N–H and O–H groups in total. The molecule has 0 atom stereocenters. The Labute approximate surface area is 176 Å². The van der Waals surface area contributed by atoms with Crippen molar-refractivity contribution in [3.8, 4) is 11.3 Å². The Morgan fingerprint density at radius 2 is 2.03 bits per heavy atom. The van der Waals surface area contributed by atoms with Gasteiger partial charge < -0.3 is 15.1 Å². The highest BCUT2D eigenvalue weighted by molar-refractivity contribution is 6.31. The van der Waals surface area contributed by atoms with Gasteiger partial charge in [-0.15, -0.1) is 0 Å². The van der Waals surface area contributed by atoms with Gasteiger partial charge in [-0.1, -0.05) is 18.2 Å². The second kappa shape index (κ2) is 8.34. The third kappa shape index (κ3) is 4.16. The lowest BCUT2D eigenvalue weighted by Crippen LogP contribution is -2.19. The molecule has 8 heteroatoms. The third-order valence-corrected chi connectivity index (χ3v) is 4.68. The lowest BCUT2D eigenvalue weighted by atomic mass is 10.1. The fourth-order valence-corrected chi connectivity index (χ4v) is 3.08. The topological polar surface area (TPSA) is 80.0 Å². The van der Waals surface area contributed by atoms with E-state index >= 15 is 0 Å². The Morgan fingerprint density at radius 3 is 2.83 bits per heavy atom. The first kappa shape index (κ1) is 19.6. The van der Waals surface area contributed by atoms with E-state index in [4.69, 9.17) is 16.0 Å². The quantitative estimate of drug-likeness (QED) is 0.416. The van der Waals surface area contributed by atoms with Crippen LogP contribution in [0.4, 0.5) is 15.9 Å². The molecule has 4 rings (SSSR count). The van der Waals surface area contributed by atoms with Crippen molar-refractivity contribution in [3.63, 3.8) is 0 Å². The summed E-state index contributed by atoms with van der Waals surface area (Å²) in [5, 5.41) is 6.59. The molecule has 0 saturated heterocycles. The Morgan fingerprint density at radius 1 is 1.17 bits per heavy atom. The fourth-order valence-electron chi connectivity index (χ4n) is 2.89. The lowest BCUT2D eigenvalue weighted by molar-refractivity contribution is -0.116. The van der Waals surface area contributed by atoms with Crippen molar-refractivity contribution < 1.29 is 13.6 Å². The number of rotatable bonds is 6. The fraction of sp³-hybridized carbons (Fsp3) is 0.0455. The molecule has 0 aliphatic carbocycles. The van der Waals surface area contributed by atoms with Gasteiger partial charge in [0.2, 0.25) is 5.91 Å². The molecule has 0 fully saturated rings. The second-order valence-corrected chi connectivity index (χ2v) is 6.80. The minimum atomic E-state index is -0.491. The summed E-state index contributed by atoms with van der Waals surface area (Å²) < 4.78 is 19.3. The minimum absolute atomic E-state index is 0.0192. The number of aromatic nitrogens is 2. The third-order valence-electron chi connectivity index (χ3n) is 4.39. The number of fused-ring (bicyclic) bond motifs is 1. The van der Waals surface area contributed by atoms with E-state index in [-0.39, 0.29) is 17.5 Å². The van der Waals surface area contributed by atoms with Crippen LogP contribution in [0.15, 0.2) is 71.9 Å². The van der Waals surface area contributed by atoms with Gasteiger partial charge in [-0.25, -0.2) is 14.4 Å². The molecule has 2 heterocycles. The summed E-state index contributed by atoms with van der Waals surface area (Å²) in [4.78, 5) is 19.9. The number of furan rings is 1. The number of carbonyl (C=O) groups excluding carboxylic acids is 1. The highest BCUT2D eigenvalue weighted by atomic mass is 35.5. The van der Waals surface area contributed by atoms with Crippen molar-refractivity contribution in [1.29, 1.82) is 0 Å². The molecule has 0 aliphatic heterocycles. The maximum atomic E-state index is 13.4. The molecular formula is C22H16ClFN4O2. The van der Waals surface area contributed by atoms with Crippen molar-refractivity contribution in [2.24, 2.45) is 0 Å². The molecule has 1 amide bonds. The number of nitrogens with one attached hydrogen (secondary N) is 2. The predicted octanol–water partition coefficient (Wildman–Crippen LogP) is 5.23. The van der Waals surface area contributed by atoms with E-state index in [9.17, 15) is 9.18 Å². The van der Waals surface area contributed by atoms with E-state index in [2.05, 4.69) is 27.2 Å². The molecular weight excluding hydrogens is 407 g/mol. The first-order valence-corrected chi connectivity index (χ1v) is 9.37. The largest absolute Gasteiger partial charge is 0.459 e. The highest BCUT2D eigenvalue weighted by Crippen LogP contribution is 2.30. The maximum Gasteiger partial charge on any atom is 0.243 e. The van der Waals surface area contributed by atoms with Crippen LogP contribution < -0.4 is 10.6 Å². The summed E-state index contributed by atoms with van der Waals surface area (Å²) in [5.74, 6) is 1.04. The number of hydrogen-bond donors (Lipinski definition) is 2. The van der Waals surface area contributed by atoms with Crippen LogP contribution in [-0.4, -0.2) is 15.9 Å². The van der Waals surface area contributed by atoms with Crippen LogP contribution in [0.5, 0.6) is 0 Å². The van der Waals surface area contributed by atoms with E-state index in [0.29, 0.717) is 23.0 Å². The second-order valence-electron chi connectivity index (χ2n) is 6.40. The van der Waals surface area contributed by atoms with Crippen molar-refractivity contribution in [2.45, 2.75) is 6.54 Å². The van der Waals surface area contributed by atoms with Crippen LogP contribution >= 0.6 is 11.6 Å². The van der Waals surface area contributed by atoms with E-state index in [1.165, 1.54) is 24.5 Å². The van der Waals surface area contributed by atoms with E-state index < -0.39 is 5.82 Å². The van der Waals surface area contributed by atoms with Gasteiger partial charge in [0.15, 0.2) is 0 Å². The number of carbonyl (C=O) groups is 1. The molecule has 0 spiro atoms. The Balaban J connectivity index is 1.64. The Hall–Kier alpha value is -3.71. The van der Waals surface area contributed by atoms with Gasteiger partial charge in [-0.3, -0.25) is 4.79 Å². The molecule has 2 aromatic heterocycles. The van der Waals surface area contributed by atoms with Gasteiger partial charge >= 0.3 is 0 Å². The summed E-state index contributed by atoms with van der Waals surface area (Å²) in [6, 6.07) is 13.6. The number of hydrogen-bond acceptors (Lipinski definition) is 5. The summed E-state index contributed by atoms with van der Waals surface area (Å²) in [7, 11) is 0.